The fourth-order valence-corrected chi connectivity index (χ4v) is 4.82. The number of nitrogens with one attached hydrogen (secondary N) is 1. The largest absolute Gasteiger partial charge is 0.335 e. The maximum atomic E-state index is 13.7. The number of rotatable bonds is 2. The molecule has 1 spiro atoms. The minimum atomic E-state index is -0.349. The van der Waals surface area contributed by atoms with Crippen LogP contribution in [0.25, 0.3) is 0 Å². The van der Waals surface area contributed by atoms with Gasteiger partial charge in [0, 0.05) is 31.4 Å². The molecule has 3 aliphatic rings. The molecule has 1 aromatic carbocycles. The third-order valence-electron chi connectivity index (χ3n) is 6.61. The van der Waals surface area contributed by atoms with Crippen molar-refractivity contribution in [1.29, 1.82) is 0 Å². The van der Waals surface area contributed by atoms with Crippen LogP contribution in [0, 0.1) is 5.82 Å². The fourth-order valence-electron chi connectivity index (χ4n) is 4.82. The van der Waals surface area contributed by atoms with Crippen LogP contribution in [0.4, 0.5) is 14.9 Å². The Balaban J connectivity index is 1.46. The van der Waals surface area contributed by atoms with Crippen molar-refractivity contribution in [1.82, 2.24) is 15.1 Å². The molecule has 1 unspecified atom stereocenters. The van der Waals surface area contributed by atoms with Crippen molar-refractivity contribution in [2.75, 3.05) is 38.1 Å². The lowest BCUT2D eigenvalue weighted by Gasteiger charge is -2.46. The van der Waals surface area contributed by atoms with E-state index >= 15 is 0 Å². The lowest BCUT2D eigenvalue weighted by atomic mass is 9.92. The number of carbonyl (C=O) groups is 2. The Morgan fingerprint density at radius 3 is 2.75 bits per heavy atom. The van der Waals surface area contributed by atoms with Crippen LogP contribution in [-0.4, -0.2) is 66.5 Å². The highest BCUT2D eigenvalue weighted by Gasteiger charge is 2.48. The molecule has 1 saturated carbocycles. The molecule has 2 heterocycles. The average molecular weight is 388 g/mol. The summed E-state index contributed by atoms with van der Waals surface area (Å²) in [5.41, 5.74) is 0.298. The Hall–Kier alpha value is -2.15. The first-order valence-corrected chi connectivity index (χ1v) is 10.3. The maximum Gasteiger partial charge on any atom is 0.317 e. The summed E-state index contributed by atoms with van der Waals surface area (Å²) in [6.07, 6.45) is 6.55. The average Bonchev–Trinajstić information content (AvgIpc) is 3.11. The SMILES string of the molecule is CN1CC(=O)N(c2cccc(F)c2)CC12CCN(C(=O)NC1CCCCC1)C2. The maximum absolute atomic E-state index is 13.7. The normalized spacial score (nSPS) is 26.9. The van der Waals surface area contributed by atoms with Crippen LogP contribution in [0.15, 0.2) is 24.3 Å². The topological polar surface area (TPSA) is 55.9 Å². The number of nitrogens with zero attached hydrogens (tertiary/aromatic N) is 3. The summed E-state index contributed by atoms with van der Waals surface area (Å²) in [5, 5.41) is 3.20. The van der Waals surface area contributed by atoms with Crippen LogP contribution in [0.1, 0.15) is 38.5 Å². The lowest BCUT2D eigenvalue weighted by Crippen LogP contribution is -2.64. The number of hydrogen-bond donors (Lipinski definition) is 1. The lowest BCUT2D eigenvalue weighted by molar-refractivity contribution is -0.123. The number of anilines is 1. The van der Waals surface area contributed by atoms with Gasteiger partial charge in [-0.1, -0.05) is 25.3 Å². The predicted octanol–water partition coefficient (Wildman–Crippen LogP) is 2.59. The standard InChI is InChI=1S/C21H29FN4O2/c1-24-13-19(27)26(18-9-5-6-16(22)12-18)15-21(24)10-11-25(14-21)20(28)23-17-7-3-2-4-8-17/h5-6,9,12,17H,2-4,7-8,10-11,13-15H2,1H3,(H,23,28). The van der Waals surface area contributed by atoms with E-state index in [1.807, 2.05) is 11.9 Å². The predicted molar refractivity (Wildman–Crippen MR) is 106 cm³/mol. The smallest absolute Gasteiger partial charge is 0.317 e. The van der Waals surface area contributed by atoms with Crippen molar-refractivity contribution < 1.29 is 14.0 Å². The van der Waals surface area contributed by atoms with Gasteiger partial charge in [0.1, 0.15) is 5.82 Å². The molecule has 1 N–H and O–H groups in total. The van der Waals surface area contributed by atoms with E-state index in [9.17, 15) is 14.0 Å². The molecule has 3 amide bonds. The van der Waals surface area contributed by atoms with E-state index in [4.69, 9.17) is 0 Å². The second-order valence-corrected chi connectivity index (χ2v) is 8.50. The van der Waals surface area contributed by atoms with E-state index in [-0.39, 0.29) is 35.9 Å². The third kappa shape index (κ3) is 3.72. The van der Waals surface area contributed by atoms with Gasteiger partial charge in [-0.05, 0) is 44.5 Å². The number of amides is 3. The summed E-state index contributed by atoms with van der Waals surface area (Å²) in [4.78, 5) is 31.0. The zero-order valence-electron chi connectivity index (χ0n) is 16.5. The van der Waals surface area contributed by atoms with Crippen LogP contribution in [0.2, 0.25) is 0 Å². The van der Waals surface area contributed by atoms with Crippen LogP contribution < -0.4 is 10.2 Å². The van der Waals surface area contributed by atoms with Gasteiger partial charge in [-0.2, -0.15) is 0 Å². The van der Waals surface area contributed by atoms with Crippen molar-refractivity contribution in [3.8, 4) is 0 Å². The zero-order valence-corrected chi connectivity index (χ0v) is 16.5. The highest BCUT2D eigenvalue weighted by atomic mass is 19.1. The molecular weight excluding hydrogens is 359 g/mol. The highest BCUT2D eigenvalue weighted by Crippen LogP contribution is 2.33. The molecule has 1 aliphatic carbocycles. The molecule has 6 nitrogen and oxygen atoms in total. The monoisotopic (exact) mass is 388 g/mol. The Morgan fingerprint density at radius 2 is 2.00 bits per heavy atom. The third-order valence-corrected chi connectivity index (χ3v) is 6.61. The van der Waals surface area contributed by atoms with Gasteiger partial charge < -0.3 is 15.1 Å². The summed E-state index contributed by atoms with van der Waals surface area (Å²) < 4.78 is 13.7. The van der Waals surface area contributed by atoms with Gasteiger partial charge in [0.15, 0.2) is 0 Å². The van der Waals surface area contributed by atoms with Crippen molar-refractivity contribution in [3.05, 3.63) is 30.1 Å². The minimum absolute atomic E-state index is 0.00591. The number of benzene rings is 1. The van der Waals surface area contributed by atoms with E-state index in [0.717, 1.165) is 19.3 Å². The Labute approximate surface area is 165 Å². The second-order valence-electron chi connectivity index (χ2n) is 8.50. The van der Waals surface area contributed by atoms with E-state index < -0.39 is 0 Å². The molecule has 28 heavy (non-hydrogen) atoms. The molecule has 0 bridgehead atoms. The number of urea groups is 1. The van der Waals surface area contributed by atoms with Crippen molar-refractivity contribution in [2.45, 2.75) is 50.1 Å². The summed E-state index contributed by atoms with van der Waals surface area (Å²) in [5.74, 6) is -0.387. The highest BCUT2D eigenvalue weighted by molar-refractivity contribution is 5.96. The molecule has 1 aromatic rings. The van der Waals surface area contributed by atoms with Gasteiger partial charge in [-0.3, -0.25) is 9.69 Å². The zero-order chi connectivity index (χ0) is 19.7. The molecule has 152 valence electrons. The Kier molecular flexibility index (Phi) is 5.27. The number of piperazine rings is 1. The summed E-state index contributed by atoms with van der Waals surface area (Å²) in [6.45, 7) is 2.00. The van der Waals surface area contributed by atoms with E-state index in [0.29, 0.717) is 25.3 Å². The Bertz CT molecular complexity index is 752. The minimum Gasteiger partial charge on any atom is -0.335 e. The number of halogens is 1. The van der Waals surface area contributed by atoms with Gasteiger partial charge in [0.25, 0.3) is 0 Å². The van der Waals surface area contributed by atoms with Gasteiger partial charge in [0.2, 0.25) is 5.91 Å². The number of likely N-dealkylation sites (N-methyl/N-ethyl adjacent to an activating group) is 1. The molecule has 3 fully saturated rings. The van der Waals surface area contributed by atoms with E-state index in [2.05, 4.69) is 10.2 Å². The van der Waals surface area contributed by atoms with Gasteiger partial charge >= 0.3 is 6.03 Å². The van der Waals surface area contributed by atoms with E-state index in [1.54, 1.807) is 17.0 Å². The summed E-state index contributed by atoms with van der Waals surface area (Å²) >= 11 is 0. The Morgan fingerprint density at radius 1 is 1.21 bits per heavy atom. The quantitative estimate of drug-likeness (QED) is 0.847. The van der Waals surface area contributed by atoms with Gasteiger partial charge in [-0.15, -0.1) is 0 Å². The van der Waals surface area contributed by atoms with Gasteiger partial charge in [0.05, 0.1) is 12.1 Å². The molecule has 0 radical (unpaired) electrons. The van der Waals surface area contributed by atoms with Crippen LogP contribution in [0.3, 0.4) is 0 Å². The summed E-state index contributed by atoms with van der Waals surface area (Å²) in [6, 6.07) is 6.47. The summed E-state index contributed by atoms with van der Waals surface area (Å²) in [7, 11) is 1.95. The molecule has 2 aliphatic heterocycles. The van der Waals surface area contributed by atoms with Crippen LogP contribution >= 0.6 is 0 Å². The first kappa shape index (κ1) is 19.2. The van der Waals surface area contributed by atoms with E-state index in [1.165, 1.54) is 31.4 Å². The molecule has 1 atom stereocenters. The van der Waals surface area contributed by atoms with Crippen molar-refractivity contribution in [3.63, 3.8) is 0 Å². The molecular formula is C21H29FN4O2. The van der Waals surface area contributed by atoms with Crippen LogP contribution in [0.5, 0.6) is 0 Å². The van der Waals surface area contributed by atoms with Crippen molar-refractivity contribution in [2.24, 2.45) is 0 Å². The molecule has 7 heteroatoms. The number of carbonyl (C=O) groups excluding carboxylic acids is 2. The second kappa shape index (κ2) is 7.70. The molecule has 0 aromatic heterocycles. The number of hydrogen-bond acceptors (Lipinski definition) is 3. The number of likely N-dealkylation sites (tertiary alicyclic amines) is 1. The first-order valence-electron chi connectivity index (χ1n) is 10.3. The van der Waals surface area contributed by atoms with Crippen molar-refractivity contribution >= 4 is 17.6 Å². The molecule has 2 saturated heterocycles. The molecule has 4 rings (SSSR count). The first-order chi connectivity index (χ1) is 13.5. The fraction of sp³-hybridized carbons (Fsp3) is 0.619. The van der Waals surface area contributed by atoms with Gasteiger partial charge in [-0.25, -0.2) is 9.18 Å². The van der Waals surface area contributed by atoms with Crippen LogP contribution in [-0.2, 0) is 4.79 Å².